The molecule has 0 amide bonds. The van der Waals surface area contributed by atoms with Crippen LogP contribution in [0, 0.1) is 0 Å². The van der Waals surface area contributed by atoms with E-state index in [-0.39, 0.29) is 31.4 Å². The van der Waals surface area contributed by atoms with Gasteiger partial charge in [0.1, 0.15) is 7.85 Å². The van der Waals surface area contributed by atoms with E-state index in [1.165, 1.54) is 0 Å². The number of aliphatic hydroxyl groups excluding tert-OH is 1. The third kappa shape index (κ3) is 5.78. The van der Waals surface area contributed by atoms with Crippen molar-refractivity contribution in [2.45, 2.75) is 77.8 Å². The molecule has 7 heteroatoms. The first-order valence-electron chi connectivity index (χ1n) is 7.80. The molecule has 1 aliphatic rings. The van der Waals surface area contributed by atoms with Crippen LogP contribution in [0.4, 0.5) is 0 Å². The Morgan fingerprint density at radius 2 is 1.95 bits per heavy atom. The van der Waals surface area contributed by atoms with Gasteiger partial charge in [0.05, 0.1) is 25.4 Å². The predicted molar refractivity (Wildman–Crippen MR) is 86.3 cm³/mol. The van der Waals surface area contributed by atoms with Crippen molar-refractivity contribution in [3.63, 3.8) is 0 Å². The summed E-state index contributed by atoms with van der Waals surface area (Å²) in [5, 5.41) is 9.04. The van der Waals surface area contributed by atoms with E-state index in [0.717, 1.165) is 6.42 Å². The van der Waals surface area contributed by atoms with Gasteiger partial charge in [0.2, 0.25) is 0 Å². The molecule has 0 aliphatic carbocycles. The number of aliphatic hydroxyl groups is 1. The molecule has 1 N–H and O–H groups in total. The Morgan fingerprint density at radius 1 is 1.33 bits per heavy atom. The average molecular weight is 317 g/mol. The van der Waals surface area contributed by atoms with Crippen LogP contribution in [0.3, 0.4) is 0 Å². The minimum Gasteiger partial charge on any atom is -0.394 e. The smallest absolute Gasteiger partial charge is 0.259 e. The minimum absolute atomic E-state index is 0.00981. The Labute approximate surface area is 131 Å². The first kappa shape index (κ1) is 19.3. The molecule has 0 saturated carbocycles. The Kier molecular flexibility index (Phi) is 8.69. The van der Waals surface area contributed by atoms with Crippen molar-refractivity contribution in [3.05, 3.63) is 0 Å². The van der Waals surface area contributed by atoms with Gasteiger partial charge in [-0.3, -0.25) is 0 Å². The first-order valence-corrected chi connectivity index (χ1v) is 8.93. The lowest BCUT2D eigenvalue weighted by atomic mass is 9.96. The molecule has 0 spiro atoms. The van der Waals surface area contributed by atoms with Gasteiger partial charge in [-0.1, -0.05) is 6.92 Å². The Morgan fingerprint density at radius 3 is 2.43 bits per heavy atom. The molecule has 0 aromatic heterocycles. The summed E-state index contributed by atoms with van der Waals surface area (Å²) < 4.78 is 19.9. The van der Waals surface area contributed by atoms with Crippen molar-refractivity contribution in [2.75, 3.05) is 13.2 Å². The summed E-state index contributed by atoms with van der Waals surface area (Å²) in [5.41, 5.74) is 0. The molecule has 0 bridgehead atoms. The molecule has 2 radical (unpaired) electrons. The maximum absolute atomic E-state index is 9.04. The third-order valence-electron chi connectivity index (χ3n) is 3.40. The van der Waals surface area contributed by atoms with Crippen molar-refractivity contribution in [1.82, 2.24) is 4.67 Å². The second-order valence-corrected chi connectivity index (χ2v) is 7.27. The maximum Gasteiger partial charge on any atom is 0.259 e. The quantitative estimate of drug-likeness (QED) is 0.523. The summed E-state index contributed by atoms with van der Waals surface area (Å²) >= 11 is 0. The number of ether oxygens (including phenoxy) is 1. The molecule has 1 saturated heterocycles. The largest absolute Gasteiger partial charge is 0.394 e. The predicted octanol–water partition coefficient (Wildman–Crippen LogP) is 2.42. The lowest BCUT2D eigenvalue weighted by molar-refractivity contribution is 0.0302. The maximum atomic E-state index is 9.04. The van der Waals surface area contributed by atoms with E-state index < -0.39 is 8.53 Å². The fraction of sp³-hybridized carbons (Fsp3) is 1.00. The highest BCUT2D eigenvalue weighted by Crippen LogP contribution is 2.48. The van der Waals surface area contributed by atoms with Crippen LogP contribution < -0.4 is 0 Å². The monoisotopic (exact) mass is 317 g/mol. The summed E-state index contributed by atoms with van der Waals surface area (Å²) in [6.45, 7) is 10.8. The molecule has 1 aliphatic heterocycles. The van der Waals surface area contributed by atoms with E-state index in [9.17, 15) is 0 Å². The van der Waals surface area contributed by atoms with Crippen LogP contribution in [0.1, 0.15) is 47.5 Å². The fourth-order valence-corrected chi connectivity index (χ4v) is 4.33. The van der Waals surface area contributed by atoms with Gasteiger partial charge in [-0.15, -0.1) is 0 Å². The summed E-state index contributed by atoms with van der Waals surface area (Å²) in [6.07, 6.45) is 1.52. The van der Waals surface area contributed by atoms with Gasteiger partial charge in [-0.2, -0.15) is 0 Å². The lowest BCUT2D eigenvalue weighted by Gasteiger charge is -2.37. The molecule has 122 valence electrons. The third-order valence-corrected chi connectivity index (χ3v) is 5.55. The van der Waals surface area contributed by atoms with Gasteiger partial charge in [-0.25, -0.2) is 4.67 Å². The molecule has 0 aromatic carbocycles. The van der Waals surface area contributed by atoms with E-state index in [2.05, 4.69) is 39.3 Å². The highest BCUT2D eigenvalue weighted by Gasteiger charge is 2.37. The normalized spacial score (nSPS) is 28.0. The molecule has 1 fully saturated rings. The van der Waals surface area contributed by atoms with E-state index in [4.69, 9.17) is 26.7 Å². The Balaban J connectivity index is 2.76. The molecule has 21 heavy (non-hydrogen) atoms. The molecular weight excluding hydrogens is 288 g/mol. The van der Waals surface area contributed by atoms with Gasteiger partial charge in [0.15, 0.2) is 0 Å². The molecule has 2 unspecified atom stereocenters. The van der Waals surface area contributed by atoms with Crippen molar-refractivity contribution in [3.8, 4) is 0 Å². The Hall–Kier alpha value is 0.295. The van der Waals surface area contributed by atoms with E-state index in [0.29, 0.717) is 18.5 Å². The van der Waals surface area contributed by atoms with Crippen molar-refractivity contribution >= 4 is 16.4 Å². The second-order valence-electron chi connectivity index (χ2n) is 5.86. The van der Waals surface area contributed by atoms with Crippen LogP contribution in [-0.2, 0) is 13.8 Å². The van der Waals surface area contributed by atoms with Crippen molar-refractivity contribution in [2.24, 2.45) is 0 Å². The zero-order valence-corrected chi connectivity index (χ0v) is 14.8. The van der Waals surface area contributed by atoms with E-state index >= 15 is 0 Å². The van der Waals surface area contributed by atoms with Gasteiger partial charge in [0.25, 0.3) is 8.53 Å². The molecule has 0 aromatic rings. The van der Waals surface area contributed by atoms with Gasteiger partial charge >= 0.3 is 0 Å². The molecule has 4 atom stereocenters. The first-order chi connectivity index (χ1) is 9.90. The summed E-state index contributed by atoms with van der Waals surface area (Å²) in [7, 11) is 4.64. The lowest BCUT2D eigenvalue weighted by Crippen LogP contribution is -2.36. The molecule has 5 nitrogen and oxygen atoms in total. The minimum atomic E-state index is -1.23. The standard InChI is InChI=1S/C14H29BNO4P/c1-6-12-13(9-14(15)19-12)20-21(18-8-7-17)16(10(2)3)11(4)5/h10-14,17H,6-9H2,1-5H3/t12-,13?,14-,21?/m1/s1. The highest BCUT2D eigenvalue weighted by atomic mass is 31.2. The SMILES string of the molecule is [B][C@H]1CC(OP(OCCO)N(C(C)C)C(C)C)[C@@H](CC)O1. The van der Waals surface area contributed by atoms with Gasteiger partial charge in [-0.05, 0) is 40.5 Å². The zero-order valence-electron chi connectivity index (χ0n) is 13.9. The van der Waals surface area contributed by atoms with Crippen molar-refractivity contribution in [1.29, 1.82) is 0 Å². The van der Waals surface area contributed by atoms with E-state index in [1.807, 2.05) is 0 Å². The summed E-state index contributed by atoms with van der Waals surface area (Å²) in [6, 6.07) is 0.331. The summed E-state index contributed by atoms with van der Waals surface area (Å²) in [5.74, 6) is 0. The number of hydrogen-bond acceptors (Lipinski definition) is 5. The van der Waals surface area contributed by atoms with Crippen LogP contribution >= 0.6 is 8.53 Å². The van der Waals surface area contributed by atoms with Crippen LogP contribution in [0.5, 0.6) is 0 Å². The van der Waals surface area contributed by atoms with Gasteiger partial charge < -0.3 is 18.9 Å². The molecule has 1 rings (SSSR count). The second kappa shape index (κ2) is 9.44. The topological polar surface area (TPSA) is 51.2 Å². The zero-order chi connectivity index (χ0) is 16.0. The van der Waals surface area contributed by atoms with Crippen LogP contribution in [0.25, 0.3) is 0 Å². The average Bonchev–Trinajstić information content (AvgIpc) is 2.75. The number of hydrogen-bond donors (Lipinski definition) is 1. The van der Waals surface area contributed by atoms with Crippen LogP contribution in [0.15, 0.2) is 0 Å². The molecular formula is C14H29BNO4P. The van der Waals surface area contributed by atoms with E-state index in [1.54, 1.807) is 0 Å². The number of nitrogens with zero attached hydrogens (tertiary/aromatic N) is 1. The van der Waals surface area contributed by atoms with Crippen LogP contribution in [0.2, 0.25) is 0 Å². The highest BCUT2D eigenvalue weighted by molar-refractivity contribution is 7.44. The summed E-state index contributed by atoms with van der Waals surface area (Å²) in [4.78, 5) is 0. The van der Waals surface area contributed by atoms with Crippen LogP contribution in [-0.4, -0.2) is 61.1 Å². The molecule has 1 heterocycles. The van der Waals surface area contributed by atoms with Gasteiger partial charge in [0, 0.05) is 18.1 Å². The Bertz CT molecular complexity index is 288. The fourth-order valence-electron chi connectivity index (χ4n) is 2.58. The van der Waals surface area contributed by atoms with Crippen molar-refractivity contribution < 1.29 is 18.9 Å². The number of rotatable bonds is 9.